The number of rotatable bonds is 6. The van der Waals surface area contributed by atoms with Crippen LogP contribution in [0.5, 0.6) is 11.5 Å². The summed E-state index contributed by atoms with van der Waals surface area (Å²) in [5.74, 6) is 1.38. The molecule has 2 aromatic rings. The van der Waals surface area contributed by atoms with E-state index in [1.807, 2.05) is 61.8 Å². The minimum atomic E-state index is -0.668. The molecule has 8 heteroatoms. The number of nitrogens with one attached hydrogen (secondary N) is 2. The summed E-state index contributed by atoms with van der Waals surface area (Å²) in [6, 6.07) is 15.7. The summed E-state index contributed by atoms with van der Waals surface area (Å²) >= 11 is 1.68. The first-order valence-corrected chi connectivity index (χ1v) is 12.3. The molecule has 2 aliphatic rings. The van der Waals surface area contributed by atoms with Gasteiger partial charge in [0.25, 0.3) is 0 Å². The number of carbonyl (C=O) groups excluding carboxylic acids is 1. The fourth-order valence-corrected chi connectivity index (χ4v) is 4.53. The van der Waals surface area contributed by atoms with Crippen molar-refractivity contribution in [3.05, 3.63) is 48.5 Å². The number of likely N-dealkylation sites (tertiary alicyclic amines) is 1. The standard InChI is InChI=1S/C24H31N3O4S/c1-27(24(29)26-18-7-9-19(32-2)10-8-18)13-11-17(12-14-27)25-15-20(28)23-16-30-21-5-3-4-6-22(21)31-23/h3-10,17,20,23,25,28H,11-16H2,1-2H3/p+1. The lowest BCUT2D eigenvalue weighted by Gasteiger charge is -2.38. The maximum atomic E-state index is 12.9. The Morgan fingerprint density at radius 1 is 1.16 bits per heavy atom. The predicted octanol–water partition coefficient (Wildman–Crippen LogP) is 3.34. The lowest BCUT2D eigenvalue weighted by atomic mass is 10.0. The molecular weight excluding hydrogens is 426 g/mol. The number of quaternary nitrogens is 1. The number of hydrogen-bond acceptors (Lipinski definition) is 6. The number of hydrogen-bond donors (Lipinski definition) is 3. The molecule has 2 amide bonds. The summed E-state index contributed by atoms with van der Waals surface area (Å²) in [4.78, 5) is 14.1. The van der Waals surface area contributed by atoms with Crippen LogP contribution < -0.4 is 20.1 Å². The molecule has 0 aromatic heterocycles. The zero-order valence-corrected chi connectivity index (χ0v) is 19.4. The van der Waals surface area contributed by atoms with Crippen molar-refractivity contribution in [1.82, 2.24) is 5.32 Å². The molecule has 2 aliphatic heterocycles. The highest BCUT2D eigenvalue weighted by molar-refractivity contribution is 7.98. The number of anilines is 1. The summed E-state index contributed by atoms with van der Waals surface area (Å²) in [5.41, 5.74) is 0.826. The fourth-order valence-electron chi connectivity index (χ4n) is 4.12. The van der Waals surface area contributed by atoms with Gasteiger partial charge in [-0.25, -0.2) is 9.28 Å². The van der Waals surface area contributed by atoms with Gasteiger partial charge in [-0.1, -0.05) is 12.1 Å². The van der Waals surface area contributed by atoms with Crippen molar-refractivity contribution in [2.45, 2.75) is 36.0 Å². The molecule has 2 aromatic carbocycles. The Morgan fingerprint density at radius 3 is 2.53 bits per heavy atom. The number of amides is 2. The predicted molar refractivity (Wildman–Crippen MR) is 127 cm³/mol. The molecule has 4 rings (SSSR count). The van der Waals surface area contributed by atoms with E-state index in [1.54, 1.807) is 11.8 Å². The van der Waals surface area contributed by atoms with Crippen LogP contribution in [0.25, 0.3) is 0 Å². The minimum Gasteiger partial charge on any atom is -0.486 e. The molecule has 2 heterocycles. The van der Waals surface area contributed by atoms with Crippen LogP contribution in [-0.2, 0) is 0 Å². The molecule has 172 valence electrons. The molecule has 1 fully saturated rings. The van der Waals surface area contributed by atoms with Crippen LogP contribution in [0, 0.1) is 0 Å². The lowest BCUT2D eigenvalue weighted by molar-refractivity contribution is -0.833. The van der Waals surface area contributed by atoms with Crippen LogP contribution in [0.3, 0.4) is 0 Å². The Balaban J connectivity index is 1.22. The number of nitrogens with zero attached hydrogens (tertiary/aromatic N) is 1. The average molecular weight is 459 g/mol. The van der Waals surface area contributed by atoms with Gasteiger partial charge in [-0.05, 0) is 42.7 Å². The molecule has 32 heavy (non-hydrogen) atoms. The highest BCUT2D eigenvalue weighted by Crippen LogP contribution is 2.31. The zero-order chi connectivity index (χ0) is 22.6. The van der Waals surface area contributed by atoms with Gasteiger partial charge >= 0.3 is 6.03 Å². The minimum absolute atomic E-state index is 0.0202. The van der Waals surface area contributed by atoms with Gasteiger partial charge in [0.2, 0.25) is 0 Å². The normalized spacial score (nSPS) is 25.7. The second-order valence-electron chi connectivity index (χ2n) is 8.67. The van der Waals surface area contributed by atoms with Crippen molar-refractivity contribution < 1.29 is 23.9 Å². The van der Waals surface area contributed by atoms with Crippen molar-refractivity contribution in [2.75, 3.05) is 44.9 Å². The Kier molecular flexibility index (Phi) is 7.25. The van der Waals surface area contributed by atoms with Crippen LogP contribution >= 0.6 is 11.8 Å². The number of carbonyl (C=O) groups is 1. The Hall–Kier alpha value is -2.26. The van der Waals surface area contributed by atoms with Gasteiger partial charge < -0.3 is 19.9 Å². The number of aliphatic hydroxyl groups is 1. The molecule has 2 unspecified atom stereocenters. The Morgan fingerprint density at radius 2 is 1.84 bits per heavy atom. The third-order valence-electron chi connectivity index (χ3n) is 6.35. The Bertz CT molecular complexity index is 916. The third kappa shape index (κ3) is 5.38. The van der Waals surface area contributed by atoms with E-state index in [0.29, 0.717) is 29.1 Å². The molecule has 0 bridgehead atoms. The van der Waals surface area contributed by atoms with E-state index < -0.39 is 12.2 Å². The quantitative estimate of drug-likeness (QED) is 0.455. The van der Waals surface area contributed by atoms with E-state index in [4.69, 9.17) is 9.47 Å². The number of fused-ring (bicyclic) bond motifs is 1. The first-order valence-electron chi connectivity index (χ1n) is 11.1. The van der Waals surface area contributed by atoms with Gasteiger partial charge in [0.05, 0.1) is 20.1 Å². The largest absolute Gasteiger partial charge is 0.486 e. The zero-order valence-electron chi connectivity index (χ0n) is 18.6. The van der Waals surface area contributed by atoms with Crippen molar-refractivity contribution >= 4 is 23.5 Å². The number of aliphatic hydroxyl groups excluding tert-OH is 1. The van der Waals surface area contributed by atoms with Gasteiger partial charge in [-0.15, -0.1) is 11.8 Å². The van der Waals surface area contributed by atoms with Crippen LogP contribution in [-0.4, -0.2) is 73.4 Å². The second-order valence-corrected chi connectivity index (χ2v) is 9.55. The molecule has 0 spiro atoms. The number of ether oxygens (including phenoxy) is 2. The van der Waals surface area contributed by atoms with Crippen molar-refractivity contribution in [2.24, 2.45) is 0 Å². The number of urea groups is 1. The number of benzene rings is 2. The van der Waals surface area contributed by atoms with Crippen LogP contribution in [0.2, 0.25) is 0 Å². The third-order valence-corrected chi connectivity index (χ3v) is 7.09. The molecule has 3 N–H and O–H groups in total. The van der Waals surface area contributed by atoms with Crippen LogP contribution in [0.15, 0.2) is 53.4 Å². The summed E-state index contributed by atoms with van der Waals surface area (Å²) in [7, 11) is 1.99. The summed E-state index contributed by atoms with van der Waals surface area (Å²) in [6.45, 7) is 2.26. The van der Waals surface area contributed by atoms with E-state index in [1.165, 1.54) is 4.90 Å². The van der Waals surface area contributed by atoms with Gasteiger partial charge in [0, 0.05) is 36.0 Å². The molecule has 7 nitrogen and oxygen atoms in total. The van der Waals surface area contributed by atoms with Crippen molar-refractivity contribution in [3.63, 3.8) is 0 Å². The second kappa shape index (κ2) is 10.1. The molecular formula is C24H32N3O4S+. The lowest BCUT2D eigenvalue weighted by Crippen LogP contribution is -2.59. The summed E-state index contributed by atoms with van der Waals surface area (Å²) in [5, 5.41) is 17.1. The highest BCUT2D eigenvalue weighted by Gasteiger charge is 2.37. The number of piperidine rings is 1. The molecule has 1 saturated heterocycles. The first kappa shape index (κ1) is 22.9. The highest BCUT2D eigenvalue weighted by atomic mass is 32.2. The van der Waals surface area contributed by atoms with Gasteiger partial charge in [-0.3, -0.25) is 5.32 Å². The maximum absolute atomic E-state index is 12.9. The average Bonchev–Trinajstić information content (AvgIpc) is 2.83. The molecule has 0 saturated carbocycles. The fraction of sp³-hybridized carbons (Fsp3) is 0.458. The maximum Gasteiger partial charge on any atom is 0.420 e. The van der Waals surface area contributed by atoms with E-state index >= 15 is 0 Å². The Labute approximate surface area is 193 Å². The van der Waals surface area contributed by atoms with E-state index in [0.717, 1.165) is 31.6 Å². The smallest absolute Gasteiger partial charge is 0.420 e. The van der Waals surface area contributed by atoms with E-state index in [-0.39, 0.29) is 12.1 Å². The molecule has 0 radical (unpaired) electrons. The van der Waals surface area contributed by atoms with E-state index in [9.17, 15) is 9.90 Å². The van der Waals surface area contributed by atoms with Crippen LogP contribution in [0.1, 0.15) is 12.8 Å². The number of para-hydroxylation sites is 2. The van der Waals surface area contributed by atoms with Gasteiger partial charge in [-0.2, -0.15) is 0 Å². The summed E-state index contributed by atoms with van der Waals surface area (Å²) in [6.07, 6.45) is 2.70. The molecule has 2 atom stereocenters. The van der Waals surface area contributed by atoms with Gasteiger partial charge in [0.15, 0.2) is 17.6 Å². The molecule has 0 aliphatic carbocycles. The SMILES string of the molecule is CSc1ccc(NC(=O)[N+]2(C)CCC(NCC(O)C3COc4ccccc4O3)CC2)cc1. The monoisotopic (exact) mass is 458 g/mol. The van der Waals surface area contributed by atoms with Gasteiger partial charge in [0.1, 0.15) is 12.7 Å². The van der Waals surface area contributed by atoms with Crippen LogP contribution in [0.4, 0.5) is 10.5 Å². The first-order chi connectivity index (χ1) is 15.5. The number of thioether (sulfide) groups is 1. The van der Waals surface area contributed by atoms with Crippen molar-refractivity contribution in [1.29, 1.82) is 0 Å². The van der Waals surface area contributed by atoms with E-state index in [2.05, 4.69) is 10.6 Å². The topological polar surface area (TPSA) is 79.8 Å². The summed E-state index contributed by atoms with van der Waals surface area (Å²) < 4.78 is 12.0. The van der Waals surface area contributed by atoms with Crippen molar-refractivity contribution in [3.8, 4) is 11.5 Å².